The predicted octanol–water partition coefficient (Wildman–Crippen LogP) is 9.30. The van der Waals surface area contributed by atoms with Gasteiger partial charge in [0.1, 0.15) is 11.6 Å². The molecule has 246 valence electrons. The van der Waals surface area contributed by atoms with E-state index in [2.05, 4.69) is 34.1 Å². The quantitative estimate of drug-likeness (QED) is 0.205. The molecule has 2 N–H and O–H groups in total. The minimum atomic E-state index is -1.18. The van der Waals surface area contributed by atoms with Crippen LogP contribution in [0.2, 0.25) is 0 Å². The summed E-state index contributed by atoms with van der Waals surface area (Å²) in [6.07, 6.45) is 13.6. The summed E-state index contributed by atoms with van der Waals surface area (Å²) in [5, 5.41) is 18.8. The van der Waals surface area contributed by atoms with Gasteiger partial charge in [0.15, 0.2) is 0 Å². The van der Waals surface area contributed by atoms with Crippen LogP contribution in [0, 0.1) is 11.6 Å². The number of anilines is 2. The molecule has 0 fully saturated rings. The number of carbonyl (C=O) groups is 2. The summed E-state index contributed by atoms with van der Waals surface area (Å²) in [6, 6.07) is 24.3. The average Bonchev–Trinajstić information content (AvgIpc) is 3.13. The Hall–Kier alpha value is -6.28. The largest absolute Gasteiger partial charge is 0.478 e. The minimum Gasteiger partial charge on any atom is -0.478 e. The highest BCUT2D eigenvalue weighted by molar-refractivity contribution is 6.16. The van der Waals surface area contributed by atoms with Gasteiger partial charge in [-0.15, -0.1) is 0 Å². The SMILES string of the molecule is O=C(O)c1ccc(CN2C3=CC=CCC3=C(C3=C4CC=CC=C4N(Cc4ccc(C(=O)O)cc4F)c4ccccc43)c3ccccc32)c(F)c1. The first kappa shape index (κ1) is 31.0. The number of hydrogen-bond acceptors (Lipinski definition) is 4. The molecule has 8 heteroatoms. The molecule has 0 saturated heterocycles. The average molecular weight is 665 g/mol. The Morgan fingerprint density at radius 1 is 0.600 bits per heavy atom. The highest BCUT2D eigenvalue weighted by Gasteiger charge is 2.37. The Morgan fingerprint density at radius 2 is 1.02 bits per heavy atom. The summed E-state index contributed by atoms with van der Waals surface area (Å²) in [6.45, 7) is 0.408. The number of aromatic carboxylic acids is 2. The molecular weight excluding hydrogens is 634 g/mol. The maximum Gasteiger partial charge on any atom is 0.335 e. The van der Waals surface area contributed by atoms with Crippen LogP contribution in [-0.4, -0.2) is 22.2 Å². The molecule has 0 radical (unpaired) electrons. The molecule has 0 amide bonds. The Balaban J connectivity index is 1.29. The third-order valence-corrected chi connectivity index (χ3v) is 9.66. The number of benzene rings is 4. The van der Waals surface area contributed by atoms with Crippen LogP contribution in [0.4, 0.5) is 20.2 Å². The van der Waals surface area contributed by atoms with Crippen molar-refractivity contribution in [2.24, 2.45) is 0 Å². The van der Waals surface area contributed by atoms with Crippen LogP contribution in [0.25, 0.3) is 11.1 Å². The summed E-state index contributed by atoms with van der Waals surface area (Å²) >= 11 is 0. The summed E-state index contributed by atoms with van der Waals surface area (Å²) in [4.78, 5) is 27.2. The number of allylic oxidation sites excluding steroid dienone is 10. The highest BCUT2D eigenvalue weighted by Crippen LogP contribution is 2.54. The van der Waals surface area contributed by atoms with Crippen LogP contribution in [0.15, 0.2) is 144 Å². The fourth-order valence-electron chi connectivity index (χ4n) is 7.36. The zero-order valence-electron chi connectivity index (χ0n) is 26.7. The molecule has 8 rings (SSSR count). The standard InChI is InChI=1S/C42H30F2N2O4/c43-33-21-25(41(47)48)17-19-27(33)23-45-35-13-5-1-9-29(35)39(30-10-2-6-14-36(30)45)40-31-11-3-7-15-37(31)46(38-16-8-4-12-32(38)40)24-28-20-18-26(42(49)50)22-34(28)44/h1-9,11,13-22H,10,12,23-24H2,(H,47,48)(H,49,50). The summed E-state index contributed by atoms with van der Waals surface area (Å²) in [5.74, 6) is -3.51. The van der Waals surface area contributed by atoms with E-state index in [-0.39, 0.29) is 24.2 Å². The Morgan fingerprint density at radius 3 is 1.42 bits per heavy atom. The minimum absolute atomic E-state index is 0.100. The van der Waals surface area contributed by atoms with Crippen LogP contribution in [-0.2, 0) is 13.1 Å². The van der Waals surface area contributed by atoms with E-state index in [1.165, 1.54) is 12.1 Å². The topological polar surface area (TPSA) is 81.1 Å². The molecular formula is C42H30F2N2O4. The van der Waals surface area contributed by atoms with Crippen molar-refractivity contribution in [3.63, 3.8) is 0 Å². The molecule has 2 aliphatic carbocycles. The van der Waals surface area contributed by atoms with E-state index >= 15 is 8.78 Å². The van der Waals surface area contributed by atoms with Gasteiger partial charge in [0.2, 0.25) is 0 Å². The Bertz CT molecular complexity index is 2160. The second-order valence-electron chi connectivity index (χ2n) is 12.5. The van der Waals surface area contributed by atoms with Crippen molar-refractivity contribution in [1.29, 1.82) is 0 Å². The van der Waals surface area contributed by atoms with Gasteiger partial charge in [0.05, 0.1) is 24.2 Å². The molecule has 4 aromatic carbocycles. The van der Waals surface area contributed by atoms with Crippen LogP contribution in [0.5, 0.6) is 0 Å². The number of carboxylic acids is 2. The van der Waals surface area contributed by atoms with E-state index < -0.39 is 23.6 Å². The van der Waals surface area contributed by atoms with Crippen molar-refractivity contribution in [2.75, 3.05) is 9.80 Å². The maximum absolute atomic E-state index is 15.3. The zero-order chi connectivity index (χ0) is 34.5. The fourth-order valence-corrected chi connectivity index (χ4v) is 7.36. The Kier molecular flexibility index (Phi) is 7.64. The first-order valence-corrected chi connectivity index (χ1v) is 16.3. The van der Waals surface area contributed by atoms with Gasteiger partial charge in [0, 0.05) is 45.0 Å². The van der Waals surface area contributed by atoms with Gasteiger partial charge in [0.25, 0.3) is 0 Å². The highest BCUT2D eigenvalue weighted by atomic mass is 19.1. The number of para-hydroxylation sites is 2. The smallest absolute Gasteiger partial charge is 0.335 e. The number of rotatable bonds is 7. The molecule has 50 heavy (non-hydrogen) atoms. The van der Waals surface area contributed by atoms with Gasteiger partial charge in [-0.05, 0) is 83.7 Å². The number of fused-ring (bicyclic) bond motifs is 4. The van der Waals surface area contributed by atoms with Crippen LogP contribution in [0.3, 0.4) is 0 Å². The van der Waals surface area contributed by atoms with Crippen molar-refractivity contribution in [3.05, 3.63) is 189 Å². The van der Waals surface area contributed by atoms with Crippen molar-refractivity contribution < 1.29 is 28.6 Å². The molecule has 2 aliphatic heterocycles. The molecule has 6 nitrogen and oxygen atoms in total. The van der Waals surface area contributed by atoms with Crippen LogP contribution < -0.4 is 9.80 Å². The van der Waals surface area contributed by atoms with E-state index in [1.54, 1.807) is 12.1 Å². The fraction of sp³-hybridized carbons (Fsp3) is 0.0952. The van der Waals surface area contributed by atoms with Crippen LogP contribution in [0.1, 0.15) is 55.8 Å². The van der Waals surface area contributed by atoms with E-state index in [1.807, 2.05) is 60.7 Å². The van der Waals surface area contributed by atoms with Gasteiger partial charge < -0.3 is 20.0 Å². The first-order valence-electron chi connectivity index (χ1n) is 16.3. The molecule has 0 unspecified atom stereocenters. The number of carboxylic acid groups (broad SMARTS) is 2. The lowest BCUT2D eigenvalue weighted by molar-refractivity contribution is 0.0685. The van der Waals surface area contributed by atoms with E-state index in [9.17, 15) is 19.8 Å². The van der Waals surface area contributed by atoms with Gasteiger partial charge in [-0.1, -0.05) is 72.8 Å². The zero-order valence-corrected chi connectivity index (χ0v) is 26.7. The predicted molar refractivity (Wildman–Crippen MR) is 189 cm³/mol. The number of halogens is 2. The third kappa shape index (κ3) is 5.17. The van der Waals surface area contributed by atoms with Gasteiger partial charge in [-0.2, -0.15) is 0 Å². The van der Waals surface area contributed by atoms with E-state index in [0.29, 0.717) is 24.0 Å². The summed E-state index contributed by atoms with van der Waals surface area (Å²) in [5.41, 5.74) is 10.6. The lowest BCUT2D eigenvalue weighted by atomic mass is 9.76. The second kappa shape index (κ2) is 12.3. The van der Waals surface area contributed by atoms with E-state index in [0.717, 1.165) is 68.3 Å². The van der Waals surface area contributed by atoms with Crippen molar-refractivity contribution >= 4 is 34.5 Å². The molecule has 0 bridgehead atoms. The van der Waals surface area contributed by atoms with Crippen molar-refractivity contribution in [3.8, 4) is 0 Å². The summed E-state index contributed by atoms with van der Waals surface area (Å²) in [7, 11) is 0. The molecule has 2 heterocycles. The normalized spacial score (nSPS) is 16.0. The van der Waals surface area contributed by atoms with Gasteiger partial charge in [-0.3, -0.25) is 0 Å². The summed E-state index contributed by atoms with van der Waals surface area (Å²) < 4.78 is 30.7. The molecule has 4 aromatic rings. The molecule has 0 atom stereocenters. The number of hydrogen-bond donors (Lipinski definition) is 2. The molecule has 0 saturated carbocycles. The third-order valence-electron chi connectivity index (χ3n) is 9.66. The molecule has 0 spiro atoms. The monoisotopic (exact) mass is 664 g/mol. The van der Waals surface area contributed by atoms with E-state index in [4.69, 9.17) is 0 Å². The second-order valence-corrected chi connectivity index (χ2v) is 12.5. The lowest BCUT2D eigenvalue weighted by Crippen LogP contribution is -2.32. The van der Waals surface area contributed by atoms with Crippen molar-refractivity contribution in [1.82, 2.24) is 0 Å². The Labute approximate surface area is 287 Å². The lowest BCUT2D eigenvalue weighted by Gasteiger charge is -2.42. The first-order chi connectivity index (χ1) is 24.3. The molecule has 4 aliphatic rings. The molecule has 0 aromatic heterocycles. The van der Waals surface area contributed by atoms with Gasteiger partial charge >= 0.3 is 11.9 Å². The van der Waals surface area contributed by atoms with Crippen molar-refractivity contribution in [2.45, 2.75) is 25.9 Å². The van der Waals surface area contributed by atoms with Gasteiger partial charge in [-0.25, -0.2) is 18.4 Å². The number of nitrogens with zero attached hydrogens (tertiary/aromatic N) is 2. The maximum atomic E-state index is 15.3. The van der Waals surface area contributed by atoms with Crippen LogP contribution >= 0.6 is 0 Å².